The largest absolute Gasteiger partial charge is 0.421 e. The molecule has 0 radical (unpaired) electrons. The molecule has 2 aromatic rings. The second kappa shape index (κ2) is 8.58. The molecular formula is C18H26N4O2S. The Balaban J connectivity index is 1.39. The first kappa shape index (κ1) is 18.1. The van der Waals surface area contributed by atoms with Crippen LogP contribution >= 0.6 is 11.3 Å². The molecule has 7 heteroatoms. The van der Waals surface area contributed by atoms with E-state index in [-0.39, 0.29) is 5.91 Å². The average molecular weight is 362 g/mol. The van der Waals surface area contributed by atoms with E-state index < -0.39 is 0 Å². The summed E-state index contributed by atoms with van der Waals surface area (Å²) >= 11 is 1.59. The van der Waals surface area contributed by atoms with E-state index in [2.05, 4.69) is 34.3 Å². The summed E-state index contributed by atoms with van der Waals surface area (Å²) in [7, 11) is 0. The highest BCUT2D eigenvalue weighted by Crippen LogP contribution is 2.21. The number of thiophene rings is 1. The summed E-state index contributed by atoms with van der Waals surface area (Å²) in [6.07, 6.45) is 3.41. The first-order chi connectivity index (χ1) is 12.1. The highest BCUT2D eigenvalue weighted by atomic mass is 32.1. The van der Waals surface area contributed by atoms with E-state index in [1.807, 2.05) is 16.8 Å². The normalized spacial score (nSPS) is 19.7. The van der Waals surface area contributed by atoms with Crippen LogP contribution in [0.25, 0.3) is 11.5 Å². The van der Waals surface area contributed by atoms with Crippen LogP contribution in [0.4, 0.5) is 0 Å². The summed E-state index contributed by atoms with van der Waals surface area (Å²) in [4.78, 5) is 14.6. The van der Waals surface area contributed by atoms with Gasteiger partial charge in [0, 0.05) is 42.9 Å². The number of rotatable bonds is 7. The van der Waals surface area contributed by atoms with E-state index >= 15 is 0 Å². The van der Waals surface area contributed by atoms with Crippen molar-refractivity contribution in [1.29, 1.82) is 0 Å². The van der Waals surface area contributed by atoms with E-state index in [1.54, 1.807) is 11.3 Å². The SMILES string of the molecule is CC1CCCN(C(C)CNC(=O)CCc2nnc(-c3ccsc3)o2)C1. The van der Waals surface area contributed by atoms with Crippen LogP contribution in [0.15, 0.2) is 21.2 Å². The van der Waals surface area contributed by atoms with Gasteiger partial charge in [-0.05, 0) is 43.7 Å². The van der Waals surface area contributed by atoms with E-state index in [1.165, 1.54) is 12.8 Å². The lowest BCUT2D eigenvalue weighted by Gasteiger charge is -2.35. The summed E-state index contributed by atoms with van der Waals surface area (Å²) in [5.41, 5.74) is 0.929. The van der Waals surface area contributed by atoms with Crippen LogP contribution in [0.1, 0.15) is 39.0 Å². The van der Waals surface area contributed by atoms with Crippen molar-refractivity contribution < 1.29 is 9.21 Å². The number of likely N-dealkylation sites (tertiary alicyclic amines) is 1. The molecule has 1 aliphatic heterocycles. The van der Waals surface area contributed by atoms with Gasteiger partial charge in [0.05, 0.1) is 0 Å². The lowest BCUT2D eigenvalue weighted by atomic mass is 9.99. The third-order valence-electron chi connectivity index (χ3n) is 4.71. The van der Waals surface area contributed by atoms with Crippen LogP contribution in [-0.2, 0) is 11.2 Å². The van der Waals surface area contributed by atoms with Gasteiger partial charge in [-0.1, -0.05) is 6.92 Å². The number of hydrogen-bond donors (Lipinski definition) is 1. The first-order valence-corrected chi connectivity index (χ1v) is 9.92. The predicted molar refractivity (Wildman–Crippen MR) is 98.4 cm³/mol. The predicted octanol–water partition coefficient (Wildman–Crippen LogP) is 2.97. The van der Waals surface area contributed by atoms with E-state index in [9.17, 15) is 4.79 Å². The Morgan fingerprint density at radius 2 is 2.40 bits per heavy atom. The summed E-state index contributed by atoms with van der Waals surface area (Å²) in [6.45, 7) is 7.43. The van der Waals surface area contributed by atoms with Crippen molar-refractivity contribution in [3.63, 3.8) is 0 Å². The molecule has 1 N–H and O–H groups in total. The number of nitrogens with zero attached hydrogens (tertiary/aromatic N) is 3. The van der Waals surface area contributed by atoms with Gasteiger partial charge in [0.25, 0.3) is 0 Å². The second-order valence-electron chi connectivity index (χ2n) is 6.91. The Morgan fingerprint density at radius 1 is 1.52 bits per heavy atom. The number of carbonyl (C=O) groups excluding carboxylic acids is 1. The highest BCUT2D eigenvalue weighted by molar-refractivity contribution is 7.08. The lowest BCUT2D eigenvalue weighted by Crippen LogP contribution is -2.46. The topological polar surface area (TPSA) is 71.3 Å². The zero-order valence-corrected chi connectivity index (χ0v) is 15.7. The van der Waals surface area contributed by atoms with E-state index in [4.69, 9.17) is 4.42 Å². The number of nitrogens with one attached hydrogen (secondary N) is 1. The van der Waals surface area contributed by atoms with Gasteiger partial charge in [0.1, 0.15) is 0 Å². The van der Waals surface area contributed by atoms with Gasteiger partial charge < -0.3 is 9.73 Å². The van der Waals surface area contributed by atoms with Crippen molar-refractivity contribution >= 4 is 17.2 Å². The standard InChI is InChI=1S/C18H26N4O2S/c1-13-4-3-8-22(11-13)14(2)10-19-16(23)5-6-17-20-21-18(24-17)15-7-9-25-12-15/h7,9,12-14H,3-6,8,10-11H2,1-2H3,(H,19,23). The zero-order valence-electron chi connectivity index (χ0n) is 14.9. The van der Waals surface area contributed by atoms with Crippen molar-refractivity contribution in [3.05, 3.63) is 22.7 Å². The molecule has 0 aromatic carbocycles. The Bertz CT molecular complexity index is 670. The van der Waals surface area contributed by atoms with E-state index in [0.717, 1.165) is 24.6 Å². The van der Waals surface area contributed by atoms with Gasteiger partial charge in [-0.25, -0.2) is 0 Å². The molecule has 0 bridgehead atoms. The highest BCUT2D eigenvalue weighted by Gasteiger charge is 2.21. The second-order valence-corrected chi connectivity index (χ2v) is 7.69. The number of piperidine rings is 1. The first-order valence-electron chi connectivity index (χ1n) is 8.97. The van der Waals surface area contributed by atoms with Crippen molar-refractivity contribution in [2.24, 2.45) is 5.92 Å². The molecule has 1 aliphatic rings. The Labute approximate surface area is 152 Å². The van der Waals surface area contributed by atoms with Crippen molar-refractivity contribution in [2.45, 2.75) is 45.6 Å². The van der Waals surface area contributed by atoms with Crippen LogP contribution in [0.3, 0.4) is 0 Å². The molecule has 1 saturated heterocycles. The summed E-state index contributed by atoms with van der Waals surface area (Å²) in [6, 6.07) is 2.32. The maximum Gasteiger partial charge on any atom is 0.248 e. The van der Waals surface area contributed by atoms with E-state index in [0.29, 0.717) is 37.2 Å². The molecule has 2 unspecified atom stereocenters. The number of aromatic nitrogens is 2. The van der Waals surface area contributed by atoms with Gasteiger partial charge >= 0.3 is 0 Å². The molecule has 0 spiro atoms. The Hall–Kier alpha value is -1.73. The van der Waals surface area contributed by atoms with Crippen LogP contribution < -0.4 is 5.32 Å². The summed E-state index contributed by atoms with van der Waals surface area (Å²) < 4.78 is 5.61. The number of amides is 1. The summed E-state index contributed by atoms with van der Waals surface area (Å²) in [5.74, 6) is 1.81. The van der Waals surface area contributed by atoms with Crippen molar-refractivity contribution in [2.75, 3.05) is 19.6 Å². The molecule has 3 heterocycles. The number of hydrogen-bond acceptors (Lipinski definition) is 6. The molecule has 2 aromatic heterocycles. The van der Waals surface area contributed by atoms with Crippen molar-refractivity contribution in [1.82, 2.24) is 20.4 Å². The Kier molecular flexibility index (Phi) is 6.20. The fourth-order valence-electron chi connectivity index (χ4n) is 3.18. The molecule has 25 heavy (non-hydrogen) atoms. The quantitative estimate of drug-likeness (QED) is 0.820. The van der Waals surface area contributed by atoms with Gasteiger partial charge in [-0.3, -0.25) is 9.69 Å². The minimum atomic E-state index is 0.0344. The minimum Gasteiger partial charge on any atom is -0.421 e. The molecular weight excluding hydrogens is 336 g/mol. The van der Waals surface area contributed by atoms with Crippen LogP contribution in [0, 0.1) is 5.92 Å². The third-order valence-corrected chi connectivity index (χ3v) is 5.39. The van der Waals surface area contributed by atoms with Gasteiger partial charge in [0.15, 0.2) is 0 Å². The smallest absolute Gasteiger partial charge is 0.248 e. The molecule has 0 aliphatic carbocycles. The lowest BCUT2D eigenvalue weighted by molar-refractivity contribution is -0.121. The van der Waals surface area contributed by atoms with Crippen LogP contribution in [-0.4, -0.2) is 46.7 Å². The number of aryl methyl sites for hydroxylation is 1. The molecule has 6 nitrogen and oxygen atoms in total. The van der Waals surface area contributed by atoms with Crippen molar-refractivity contribution in [3.8, 4) is 11.5 Å². The maximum atomic E-state index is 12.1. The fourth-order valence-corrected chi connectivity index (χ4v) is 3.81. The van der Waals surface area contributed by atoms with Gasteiger partial charge in [-0.2, -0.15) is 11.3 Å². The third kappa shape index (κ3) is 5.12. The summed E-state index contributed by atoms with van der Waals surface area (Å²) in [5, 5.41) is 15.0. The van der Waals surface area contributed by atoms with Gasteiger partial charge in [0.2, 0.25) is 17.7 Å². The molecule has 2 atom stereocenters. The molecule has 0 saturated carbocycles. The minimum absolute atomic E-state index is 0.0344. The number of carbonyl (C=O) groups is 1. The monoisotopic (exact) mass is 362 g/mol. The molecule has 1 amide bonds. The maximum absolute atomic E-state index is 12.1. The molecule has 3 rings (SSSR count). The molecule has 1 fully saturated rings. The average Bonchev–Trinajstić information content (AvgIpc) is 3.29. The van der Waals surface area contributed by atoms with Crippen LogP contribution in [0.5, 0.6) is 0 Å². The zero-order chi connectivity index (χ0) is 17.6. The fraction of sp³-hybridized carbons (Fsp3) is 0.611. The van der Waals surface area contributed by atoms with Crippen LogP contribution in [0.2, 0.25) is 0 Å². The van der Waals surface area contributed by atoms with Gasteiger partial charge in [-0.15, -0.1) is 10.2 Å². The Morgan fingerprint density at radius 3 is 3.16 bits per heavy atom. The molecule has 136 valence electrons.